The lowest BCUT2D eigenvalue weighted by atomic mass is 9.85. The maximum atomic E-state index is 12.7. The molecular formula is C13H25N2O2. The Morgan fingerprint density at radius 3 is 2.24 bits per heavy atom. The average molecular weight is 241 g/mol. The van der Waals surface area contributed by atoms with Crippen LogP contribution in [0.15, 0.2) is 0 Å². The van der Waals surface area contributed by atoms with Crippen molar-refractivity contribution in [3.8, 4) is 0 Å². The van der Waals surface area contributed by atoms with Gasteiger partial charge in [-0.2, -0.15) is 0 Å². The van der Waals surface area contributed by atoms with E-state index >= 15 is 0 Å². The topological polar surface area (TPSA) is 43.5 Å². The number of rotatable bonds is 2. The molecule has 1 heterocycles. The van der Waals surface area contributed by atoms with Crippen LogP contribution in [-0.4, -0.2) is 40.0 Å². The largest absolute Gasteiger partial charge is 0.341 e. The van der Waals surface area contributed by atoms with E-state index in [-0.39, 0.29) is 11.9 Å². The number of carbonyl (C=O) groups excluding carboxylic acids is 1. The molecule has 1 rings (SSSR count). The Hall–Kier alpha value is -0.610. The zero-order chi connectivity index (χ0) is 13.4. The summed E-state index contributed by atoms with van der Waals surface area (Å²) in [5.74, 6) is 0.0693. The van der Waals surface area contributed by atoms with Crippen molar-refractivity contribution in [2.24, 2.45) is 0 Å². The molecule has 0 bridgehead atoms. The minimum atomic E-state index is -0.582. The van der Waals surface area contributed by atoms with Crippen molar-refractivity contribution in [2.75, 3.05) is 7.05 Å². The predicted octanol–water partition coefficient (Wildman–Crippen LogP) is 2.22. The zero-order valence-electron chi connectivity index (χ0n) is 11.9. The van der Waals surface area contributed by atoms with Crippen molar-refractivity contribution in [3.63, 3.8) is 0 Å². The molecule has 1 aliphatic heterocycles. The lowest BCUT2D eigenvalue weighted by molar-refractivity contribution is -0.284. The van der Waals surface area contributed by atoms with Crippen LogP contribution in [0.4, 0.5) is 0 Å². The van der Waals surface area contributed by atoms with Crippen LogP contribution < -0.4 is 0 Å². The van der Waals surface area contributed by atoms with E-state index < -0.39 is 11.1 Å². The first kappa shape index (κ1) is 14.5. The third-order valence-electron chi connectivity index (χ3n) is 4.84. The molecule has 1 aliphatic rings. The van der Waals surface area contributed by atoms with Crippen LogP contribution in [0.2, 0.25) is 0 Å². The van der Waals surface area contributed by atoms with Crippen LogP contribution in [0.3, 0.4) is 0 Å². The van der Waals surface area contributed by atoms with E-state index in [2.05, 4.69) is 0 Å². The minimum Gasteiger partial charge on any atom is -0.341 e. The minimum absolute atomic E-state index is 0.0640. The highest BCUT2D eigenvalue weighted by Gasteiger charge is 2.51. The van der Waals surface area contributed by atoms with Gasteiger partial charge in [0.1, 0.15) is 0 Å². The van der Waals surface area contributed by atoms with Crippen LogP contribution in [0.25, 0.3) is 0 Å². The molecule has 17 heavy (non-hydrogen) atoms. The summed E-state index contributed by atoms with van der Waals surface area (Å²) >= 11 is 0. The van der Waals surface area contributed by atoms with Gasteiger partial charge in [-0.3, -0.25) is 4.79 Å². The summed E-state index contributed by atoms with van der Waals surface area (Å²) in [5.41, 5.74) is -1.09. The zero-order valence-corrected chi connectivity index (χ0v) is 11.9. The Morgan fingerprint density at radius 1 is 1.29 bits per heavy atom. The summed E-state index contributed by atoms with van der Waals surface area (Å²) in [6, 6.07) is -0.0640. The molecule has 0 aromatic rings. The van der Waals surface area contributed by atoms with Gasteiger partial charge >= 0.3 is 0 Å². The Balaban J connectivity index is 3.26. The third-order valence-corrected chi connectivity index (χ3v) is 4.84. The van der Waals surface area contributed by atoms with Crippen LogP contribution in [-0.2, 0) is 10.0 Å². The van der Waals surface area contributed by atoms with Gasteiger partial charge in [-0.25, -0.2) is 0 Å². The summed E-state index contributed by atoms with van der Waals surface area (Å²) in [5, 5.41) is 13.9. The molecule has 4 nitrogen and oxygen atoms in total. The average Bonchev–Trinajstić information content (AvgIpc) is 2.37. The highest BCUT2D eigenvalue weighted by molar-refractivity contribution is 5.78. The smallest absolute Gasteiger partial charge is 0.224 e. The molecule has 4 heteroatoms. The number of hydrogen-bond donors (Lipinski definition) is 0. The number of amides is 1. The van der Waals surface area contributed by atoms with Crippen LogP contribution >= 0.6 is 0 Å². The molecule has 3 atom stereocenters. The van der Waals surface area contributed by atoms with Crippen LogP contribution in [0.1, 0.15) is 53.9 Å². The summed E-state index contributed by atoms with van der Waals surface area (Å²) in [6.45, 7) is 9.82. The summed E-state index contributed by atoms with van der Waals surface area (Å²) in [7, 11) is 1.80. The third kappa shape index (κ3) is 2.08. The highest BCUT2D eigenvalue weighted by Crippen LogP contribution is 2.38. The van der Waals surface area contributed by atoms with E-state index in [4.69, 9.17) is 0 Å². The number of carbonyl (C=O) groups is 1. The molecule has 99 valence electrons. The van der Waals surface area contributed by atoms with E-state index in [9.17, 15) is 10.0 Å². The molecule has 0 N–H and O–H groups in total. The monoisotopic (exact) mass is 241 g/mol. The second-order valence-electron chi connectivity index (χ2n) is 5.71. The van der Waals surface area contributed by atoms with Gasteiger partial charge in [-0.05, 0) is 33.6 Å². The molecule has 0 aromatic heterocycles. The predicted molar refractivity (Wildman–Crippen MR) is 66.8 cm³/mol. The Labute approximate surface area is 105 Å². The number of nitrogens with zero attached hydrogens (tertiary/aromatic N) is 2. The van der Waals surface area contributed by atoms with Crippen molar-refractivity contribution in [3.05, 3.63) is 0 Å². The first-order valence-electron chi connectivity index (χ1n) is 6.46. The van der Waals surface area contributed by atoms with E-state index in [1.54, 1.807) is 11.9 Å². The number of hydroxylamine groups is 2. The molecule has 1 saturated heterocycles. The van der Waals surface area contributed by atoms with E-state index in [1.165, 1.54) is 5.06 Å². The first-order valence-corrected chi connectivity index (χ1v) is 6.46. The summed E-state index contributed by atoms with van der Waals surface area (Å²) in [4.78, 5) is 13.8. The molecule has 0 saturated carbocycles. The fraction of sp³-hybridized carbons (Fsp3) is 0.923. The molecule has 1 amide bonds. The maximum absolute atomic E-state index is 12.7. The van der Waals surface area contributed by atoms with Gasteiger partial charge in [0.25, 0.3) is 0 Å². The second kappa shape index (κ2) is 4.58. The molecule has 0 aromatic carbocycles. The Bertz CT molecular complexity index is 308. The quantitative estimate of drug-likeness (QED) is 0.744. The second-order valence-corrected chi connectivity index (χ2v) is 5.71. The Morgan fingerprint density at radius 2 is 1.82 bits per heavy atom. The van der Waals surface area contributed by atoms with Crippen molar-refractivity contribution >= 4 is 5.91 Å². The van der Waals surface area contributed by atoms with Gasteiger partial charge in [0.2, 0.25) is 5.91 Å². The lowest BCUT2D eigenvalue weighted by Gasteiger charge is -2.46. The molecule has 3 unspecified atom stereocenters. The van der Waals surface area contributed by atoms with Crippen molar-refractivity contribution in [1.82, 2.24) is 9.96 Å². The van der Waals surface area contributed by atoms with Crippen LogP contribution in [0.5, 0.6) is 0 Å². The number of likely N-dealkylation sites (N-methyl/N-ethyl adjacent to an activating group) is 1. The molecule has 1 radical (unpaired) electrons. The normalized spacial score (nSPS) is 40.5. The fourth-order valence-electron chi connectivity index (χ4n) is 2.65. The highest BCUT2D eigenvalue weighted by atomic mass is 16.5. The Kier molecular flexibility index (Phi) is 3.89. The van der Waals surface area contributed by atoms with E-state index in [0.717, 1.165) is 6.42 Å². The summed E-state index contributed by atoms with van der Waals surface area (Å²) in [6.07, 6.45) is 1.74. The molecule has 0 aliphatic carbocycles. The first-order chi connectivity index (χ1) is 7.73. The number of hydrogen-bond acceptors (Lipinski definition) is 2. The fourth-order valence-corrected chi connectivity index (χ4v) is 2.65. The van der Waals surface area contributed by atoms with Gasteiger partial charge < -0.3 is 4.90 Å². The molecule has 0 spiro atoms. The van der Waals surface area contributed by atoms with E-state index in [0.29, 0.717) is 12.8 Å². The van der Waals surface area contributed by atoms with Gasteiger partial charge in [-0.1, -0.05) is 13.8 Å². The summed E-state index contributed by atoms with van der Waals surface area (Å²) < 4.78 is 0. The van der Waals surface area contributed by atoms with Gasteiger partial charge in [-0.15, -0.1) is 10.3 Å². The lowest BCUT2D eigenvalue weighted by Crippen LogP contribution is -2.60. The maximum Gasteiger partial charge on any atom is 0.224 e. The van der Waals surface area contributed by atoms with Crippen molar-refractivity contribution < 1.29 is 10.0 Å². The van der Waals surface area contributed by atoms with Crippen molar-refractivity contribution in [1.29, 1.82) is 0 Å². The van der Waals surface area contributed by atoms with E-state index in [1.807, 2.05) is 34.6 Å². The van der Waals surface area contributed by atoms with Crippen LogP contribution in [0, 0.1) is 0 Å². The van der Waals surface area contributed by atoms with Gasteiger partial charge in [0, 0.05) is 19.5 Å². The SMILES string of the molecule is CCC1(C)CC(=O)N(C)C(C)C(C)(CC)N1[O]. The molecule has 1 fully saturated rings. The van der Waals surface area contributed by atoms with Gasteiger partial charge in [0.05, 0.1) is 11.1 Å². The van der Waals surface area contributed by atoms with Crippen molar-refractivity contribution in [2.45, 2.75) is 71.0 Å². The molecular weight excluding hydrogens is 216 g/mol. The standard InChI is InChI=1S/C13H25N2O2/c1-7-12(4)9-11(16)14(6)10(3)13(5,8-2)15(12)17/h10H,7-9H2,1-6H3. The van der Waals surface area contributed by atoms with Gasteiger partial charge in [0.15, 0.2) is 0 Å².